The van der Waals surface area contributed by atoms with Crippen LogP contribution in [0.25, 0.3) is 0 Å². The van der Waals surface area contributed by atoms with Gasteiger partial charge >= 0.3 is 0 Å². The minimum atomic E-state index is -0.253. The minimum absolute atomic E-state index is 0.253. The highest BCUT2D eigenvalue weighted by molar-refractivity contribution is 7.14. The molecule has 0 saturated carbocycles. The van der Waals surface area contributed by atoms with E-state index in [2.05, 4.69) is 10.4 Å². The fraction of sp³-hybridized carbons (Fsp3) is 0.111. The maximum atomic E-state index is 11.2. The van der Waals surface area contributed by atoms with E-state index in [0.717, 1.165) is 11.4 Å². The van der Waals surface area contributed by atoms with Gasteiger partial charge in [-0.05, 0) is 12.1 Å². The Hall–Kier alpha value is -1.66. The third-order valence-corrected chi connectivity index (χ3v) is 2.98. The first-order chi connectivity index (χ1) is 7.29. The second-order valence-electron chi connectivity index (χ2n) is 2.97. The van der Waals surface area contributed by atoms with Gasteiger partial charge < -0.3 is 4.57 Å². The van der Waals surface area contributed by atoms with Crippen molar-refractivity contribution >= 4 is 17.2 Å². The summed E-state index contributed by atoms with van der Waals surface area (Å²) < 4.78 is 1.94. The molecule has 0 bridgehead atoms. The first kappa shape index (κ1) is 9.88. The Bertz CT molecular complexity index is 448. The summed E-state index contributed by atoms with van der Waals surface area (Å²) in [6.45, 7) is 0.725. The van der Waals surface area contributed by atoms with Gasteiger partial charge in [0.2, 0.25) is 0 Å². The summed E-state index contributed by atoms with van der Waals surface area (Å²) in [4.78, 5) is 16.8. The first-order valence-electron chi connectivity index (χ1n) is 4.35. The molecule has 0 aliphatic heterocycles. The molecule has 6 heteroatoms. The number of nitrogens with two attached hydrogens (primary N) is 1. The molecule has 2 aromatic heterocycles. The first-order valence-corrected chi connectivity index (χ1v) is 5.16. The molecule has 0 aliphatic carbocycles. The Morgan fingerprint density at radius 3 is 3.13 bits per heavy atom. The molecular weight excluding hydrogens is 212 g/mol. The third-order valence-electron chi connectivity index (χ3n) is 1.91. The van der Waals surface area contributed by atoms with Gasteiger partial charge in [-0.25, -0.2) is 10.8 Å². The Balaban J connectivity index is 2.11. The molecule has 78 valence electrons. The third kappa shape index (κ3) is 2.23. The van der Waals surface area contributed by atoms with Crippen LogP contribution in [-0.4, -0.2) is 15.5 Å². The van der Waals surface area contributed by atoms with E-state index in [1.165, 1.54) is 11.3 Å². The number of hydrogen-bond donors (Lipinski definition) is 2. The van der Waals surface area contributed by atoms with Crippen LogP contribution in [0.1, 0.15) is 14.5 Å². The number of nitrogens with zero attached hydrogens (tertiary/aromatic N) is 2. The number of imidazole rings is 1. The van der Waals surface area contributed by atoms with Gasteiger partial charge in [0.15, 0.2) is 0 Å². The lowest BCUT2D eigenvalue weighted by Crippen LogP contribution is -2.29. The minimum Gasteiger partial charge on any atom is -0.332 e. The van der Waals surface area contributed by atoms with Crippen molar-refractivity contribution in [3.63, 3.8) is 0 Å². The van der Waals surface area contributed by atoms with Crippen LogP contribution in [0.3, 0.4) is 0 Å². The lowest BCUT2D eigenvalue weighted by atomic mass is 10.4. The molecule has 2 aromatic rings. The van der Waals surface area contributed by atoms with Crippen molar-refractivity contribution in [2.75, 3.05) is 0 Å². The lowest BCUT2D eigenvalue weighted by Gasteiger charge is -1.97. The van der Waals surface area contributed by atoms with E-state index in [4.69, 9.17) is 5.84 Å². The van der Waals surface area contributed by atoms with Crippen LogP contribution >= 0.6 is 11.3 Å². The summed E-state index contributed by atoms with van der Waals surface area (Å²) in [7, 11) is 0. The van der Waals surface area contributed by atoms with Gasteiger partial charge in [-0.1, -0.05) is 0 Å². The molecular formula is C9H10N4OS. The quantitative estimate of drug-likeness (QED) is 0.453. The zero-order valence-electron chi connectivity index (χ0n) is 7.88. The maximum Gasteiger partial charge on any atom is 0.275 e. The Morgan fingerprint density at radius 2 is 2.47 bits per heavy atom. The number of amides is 1. The van der Waals surface area contributed by atoms with E-state index in [0.29, 0.717) is 4.88 Å². The Labute approximate surface area is 90.5 Å². The summed E-state index contributed by atoms with van der Waals surface area (Å²) in [6.07, 6.45) is 5.34. The molecule has 0 radical (unpaired) electrons. The number of nitrogen functional groups attached to an aromatic ring is 1. The van der Waals surface area contributed by atoms with Gasteiger partial charge in [-0.3, -0.25) is 10.2 Å². The molecule has 0 spiro atoms. The molecule has 0 atom stereocenters. The number of aromatic nitrogens is 2. The molecule has 5 nitrogen and oxygen atoms in total. The topological polar surface area (TPSA) is 72.9 Å². The number of thiophene rings is 1. The van der Waals surface area contributed by atoms with Crippen LogP contribution in [0, 0.1) is 0 Å². The Kier molecular flexibility index (Phi) is 2.79. The number of hydrazine groups is 1. The van der Waals surface area contributed by atoms with Crippen molar-refractivity contribution in [2.45, 2.75) is 6.54 Å². The fourth-order valence-electron chi connectivity index (χ4n) is 1.22. The molecule has 1 amide bonds. The average Bonchev–Trinajstić information content (AvgIpc) is 2.88. The van der Waals surface area contributed by atoms with Crippen LogP contribution in [0.4, 0.5) is 0 Å². The summed E-state index contributed by atoms with van der Waals surface area (Å²) >= 11 is 1.42. The number of rotatable bonds is 3. The number of carbonyl (C=O) groups is 1. The van der Waals surface area contributed by atoms with Gasteiger partial charge in [-0.2, -0.15) is 0 Å². The molecule has 2 rings (SSSR count). The average molecular weight is 222 g/mol. The smallest absolute Gasteiger partial charge is 0.275 e. The lowest BCUT2D eigenvalue weighted by molar-refractivity contribution is 0.0957. The van der Waals surface area contributed by atoms with Gasteiger partial charge in [0.05, 0.1) is 17.7 Å². The summed E-state index contributed by atoms with van der Waals surface area (Å²) in [5.74, 6) is 4.79. The predicted octanol–water partition coefficient (Wildman–Crippen LogP) is 0.596. The second kappa shape index (κ2) is 4.24. The summed E-state index contributed by atoms with van der Waals surface area (Å²) in [5.41, 5.74) is 2.11. The highest BCUT2D eigenvalue weighted by atomic mass is 32.1. The van der Waals surface area contributed by atoms with Gasteiger partial charge in [0.1, 0.15) is 0 Å². The van der Waals surface area contributed by atoms with E-state index < -0.39 is 0 Å². The van der Waals surface area contributed by atoms with Crippen LogP contribution in [0.5, 0.6) is 0 Å². The van der Waals surface area contributed by atoms with E-state index >= 15 is 0 Å². The normalized spacial score (nSPS) is 10.2. The standard InChI is InChI=1S/C9H10N4OS/c10-12-9(14)8-2-1-7(15-8)5-13-4-3-11-6-13/h1-4,6H,5,10H2,(H,12,14). The largest absolute Gasteiger partial charge is 0.332 e. The predicted molar refractivity (Wildman–Crippen MR) is 57.3 cm³/mol. The zero-order chi connectivity index (χ0) is 10.7. The van der Waals surface area contributed by atoms with E-state index in [-0.39, 0.29) is 5.91 Å². The molecule has 15 heavy (non-hydrogen) atoms. The second-order valence-corrected chi connectivity index (χ2v) is 4.14. The number of hydrogen-bond acceptors (Lipinski definition) is 4. The van der Waals surface area contributed by atoms with Gasteiger partial charge in [0, 0.05) is 17.3 Å². The summed E-state index contributed by atoms with van der Waals surface area (Å²) in [5, 5.41) is 0. The maximum absolute atomic E-state index is 11.2. The highest BCUT2D eigenvalue weighted by Gasteiger charge is 2.07. The zero-order valence-corrected chi connectivity index (χ0v) is 8.70. The van der Waals surface area contributed by atoms with E-state index in [9.17, 15) is 4.79 Å². The number of nitrogens with one attached hydrogen (secondary N) is 1. The molecule has 0 aliphatic rings. The number of carbonyl (C=O) groups excluding carboxylic acids is 1. The van der Waals surface area contributed by atoms with Gasteiger partial charge in [-0.15, -0.1) is 11.3 Å². The molecule has 0 unspecified atom stereocenters. The Morgan fingerprint density at radius 1 is 1.60 bits per heavy atom. The van der Waals surface area contributed by atoms with Crippen molar-refractivity contribution in [3.8, 4) is 0 Å². The van der Waals surface area contributed by atoms with Crippen molar-refractivity contribution in [2.24, 2.45) is 5.84 Å². The highest BCUT2D eigenvalue weighted by Crippen LogP contribution is 2.17. The van der Waals surface area contributed by atoms with Crippen LogP contribution in [-0.2, 0) is 6.54 Å². The summed E-state index contributed by atoms with van der Waals surface area (Å²) in [6, 6.07) is 3.67. The molecule has 0 saturated heterocycles. The van der Waals surface area contributed by atoms with Crippen molar-refractivity contribution in [3.05, 3.63) is 40.6 Å². The van der Waals surface area contributed by atoms with E-state index in [1.807, 2.05) is 16.8 Å². The SMILES string of the molecule is NNC(=O)c1ccc(Cn2ccnc2)s1. The monoisotopic (exact) mass is 222 g/mol. The fourth-order valence-corrected chi connectivity index (χ4v) is 2.14. The molecule has 2 heterocycles. The molecule has 3 N–H and O–H groups in total. The van der Waals surface area contributed by atoms with Gasteiger partial charge in [0.25, 0.3) is 5.91 Å². The van der Waals surface area contributed by atoms with Crippen molar-refractivity contribution in [1.82, 2.24) is 15.0 Å². The van der Waals surface area contributed by atoms with Crippen molar-refractivity contribution in [1.29, 1.82) is 0 Å². The van der Waals surface area contributed by atoms with Crippen molar-refractivity contribution < 1.29 is 4.79 Å². The van der Waals surface area contributed by atoms with Crippen LogP contribution in [0.15, 0.2) is 30.9 Å². The van der Waals surface area contributed by atoms with E-state index in [1.54, 1.807) is 18.6 Å². The molecule has 0 fully saturated rings. The van der Waals surface area contributed by atoms with Crippen LogP contribution < -0.4 is 11.3 Å². The van der Waals surface area contributed by atoms with Crippen LogP contribution in [0.2, 0.25) is 0 Å². The molecule has 0 aromatic carbocycles.